The highest BCUT2D eigenvalue weighted by Gasteiger charge is 2.15. The van der Waals surface area contributed by atoms with E-state index in [1.165, 1.54) is 6.42 Å². The van der Waals surface area contributed by atoms with E-state index in [2.05, 4.69) is 18.8 Å². The van der Waals surface area contributed by atoms with Crippen LogP contribution in [0.2, 0.25) is 0 Å². The molecule has 1 aromatic heterocycles. The summed E-state index contributed by atoms with van der Waals surface area (Å²) in [5.74, 6) is 0. The van der Waals surface area contributed by atoms with E-state index in [4.69, 9.17) is 5.73 Å². The number of alkyl halides is 2. The molecule has 0 spiro atoms. The lowest BCUT2D eigenvalue weighted by Crippen LogP contribution is -2.25. The van der Waals surface area contributed by atoms with Crippen molar-refractivity contribution in [2.24, 2.45) is 12.8 Å². The highest BCUT2D eigenvalue weighted by molar-refractivity contribution is 4.94. The molecule has 1 aliphatic heterocycles. The largest absolute Gasteiger partial charge is 0.340 e. The third-order valence-electron chi connectivity index (χ3n) is 2.56. The molecule has 0 atom stereocenters. The summed E-state index contributed by atoms with van der Waals surface area (Å²) in [6.45, 7) is 14.5. The average Bonchev–Trinajstić information content (AvgIpc) is 3.23. The molecule has 1 fully saturated rings. The molecule has 1 aliphatic rings. The molecule has 0 aromatic carbocycles. The van der Waals surface area contributed by atoms with Crippen LogP contribution in [-0.4, -0.2) is 40.5 Å². The zero-order chi connectivity index (χ0) is 19.4. The lowest BCUT2D eigenvalue weighted by molar-refractivity contribution is 0.0997. The van der Waals surface area contributed by atoms with Gasteiger partial charge in [-0.3, -0.25) is 4.90 Å². The van der Waals surface area contributed by atoms with Gasteiger partial charge in [-0.25, -0.2) is 13.8 Å². The van der Waals surface area contributed by atoms with Crippen molar-refractivity contribution in [2.45, 2.75) is 73.8 Å². The van der Waals surface area contributed by atoms with E-state index in [9.17, 15) is 8.78 Å². The van der Waals surface area contributed by atoms with Gasteiger partial charge in [-0.1, -0.05) is 48.0 Å². The summed E-state index contributed by atoms with van der Waals surface area (Å²) in [6.07, 6.45) is 4.92. The Balaban J connectivity index is -0.000000270. The minimum absolute atomic E-state index is 0.0278. The number of rotatable bonds is 3. The third-order valence-corrected chi connectivity index (χ3v) is 2.56. The SMILES string of the molecule is CC.CC.CCC.Cn1cnc(CN)c1.FC(F)CN1CCCC1. The lowest BCUT2D eigenvalue weighted by Gasteiger charge is -2.12. The molecule has 0 bridgehead atoms. The lowest BCUT2D eigenvalue weighted by atomic mass is 10.4. The molecular weight excluding hydrogens is 310 g/mol. The number of nitrogens with zero attached hydrogens (tertiary/aromatic N) is 3. The van der Waals surface area contributed by atoms with Gasteiger partial charge in [-0.15, -0.1) is 0 Å². The molecule has 2 N–H and O–H groups in total. The molecule has 24 heavy (non-hydrogen) atoms. The summed E-state index contributed by atoms with van der Waals surface area (Å²) in [7, 11) is 1.92. The van der Waals surface area contributed by atoms with Crippen LogP contribution in [0.4, 0.5) is 8.78 Å². The summed E-state index contributed by atoms with van der Waals surface area (Å²) in [5, 5.41) is 0. The monoisotopic (exact) mass is 350 g/mol. The zero-order valence-corrected chi connectivity index (χ0v) is 16.9. The highest BCUT2D eigenvalue weighted by Crippen LogP contribution is 2.08. The maximum absolute atomic E-state index is 11.6. The van der Waals surface area contributed by atoms with Gasteiger partial charge in [-0.2, -0.15) is 0 Å². The van der Waals surface area contributed by atoms with Crippen LogP contribution < -0.4 is 5.73 Å². The molecule has 146 valence electrons. The summed E-state index contributed by atoms with van der Waals surface area (Å²) in [6, 6.07) is 0. The van der Waals surface area contributed by atoms with E-state index in [1.807, 2.05) is 50.4 Å². The molecule has 1 saturated heterocycles. The maximum atomic E-state index is 11.6. The van der Waals surface area contributed by atoms with Crippen LogP contribution in [0.1, 0.15) is 66.5 Å². The van der Waals surface area contributed by atoms with Crippen molar-refractivity contribution in [3.63, 3.8) is 0 Å². The number of aromatic nitrogens is 2. The van der Waals surface area contributed by atoms with E-state index in [1.54, 1.807) is 6.33 Å². The first kappa shape index (κ1) is 27.8. The normalized spacial score (nSPS) is 12.6. The molecular formula is C18H40F2N4. The van der Waals surface area contributed by atoms with E-state index >= 15 is 0 Å². The fourth-order valence-electron chi connectivity index (χ4n) is 1.73. The van der Waals surface area contributed by atoms with Crippen molar-refractivity contribution in [1.82, 2.24) is 14.5 Å². The van der Waals surface area contributed by atoms with Gasteiger partial charge in [0, 0.05) is 19.8 Å². The molecule has 2 heterocycles. The Morgan fingerprint density at radius 3 is 1.83 bits per heavy atom. The second-order valence-electron chi connectivity index (χ2n) is 4.84. The Bertz CT molecular complexity index is 325. The fraction of sp³-hybridized carbons (Fsp3) is 0.833. The standard InChI is InChI=1S/C6H11F2N.C5H9N3.C3H8.2C2H6/c7-6(8)5-9-3-1-2-4-9;1-8-3-5(2-6)7-4-8;1-3-2;2*1-2/h6H,1-5H2;3-4H,2,6H2,1H3;3H2,1-2H3;2*1-2H3. The van der Waals surface area contributed by atoms with Crippen LogP contribution in [0.3, 0.4) is 0 Å². The average molecular weight is 351 g/mol. The molecule has 0 unspecified atom stereocenters. The van der Waals surface area contributed by atoms with Crippen LogP contribution in [0.25, 0.3) is 0 Å². The van der Waals surface area contributed by atoms with Crippen molar-refractivity contribution in [2.75, 3.05) is 19.6 Å². The highest BCUT2D eigenvalue weighted by atomic mass is 19.3. The minimum atomic E-state index is -2.15. The third kappa shape index (κ3) is 19.0. The summed E-state index contributed by atoms with van der Waals surface area (Å²) in [5.41, 5.74) is 6.22. The van der Waals surface area contributed by atoms with Crippen molar-refractivity contribution < 1.29 is 8.78 Å². The van der Waals surface area contributed by atoms with E-state index in [0.29, 0.717) is 6.54 Å². The van der Waals surface area contributed by atoms with E-state index < -0.39 is 6.43 Å². The molecule has 6 heteroatoms. The Hall–Kier alpha value is -1.01. The minimum Gasteiger partial charge on any atom is -0.340 e. The predicted octanol–water partition coefficient (Wildman–Crippen LogP) is 4.69. The Labute approximate surface area is 148 Å². The summed E-state index contributed by atoms with van der Waals surface area (Å²) in [4.78, 5) is 5.78. The predicted molar refractivity (Wildman–Crippen MR) is 101 cm³/mol. The van der Waals surface area contributed by atoms with Crippen molar-refractivity contribution in [3.05, 3.63) is 18.2 Å². The first-order chi connectivity index (χ1) is 11.5. The maximum Gasteiger partial charge on any atom is 0.251 e. The van der Waals surface area contributed by atoms with Crippen LogP contribution >= 0.6 is 0 Å². The number of hydrogen-bond donors (Lipinski definition) is 1. The second-order valence-corrected chi connectivity index (χ2v) is 4.84. The summed E-state index contributed by atoms with van der Waals surface area (Å²) < 4.78 is 25.2. The topological polar surface area (TPSA) is 47.1 Å². The molecule has 4 nitrogen and oxygen atoms in total. The number of nitrogens with two attached hydrogens (primary N) is 1. The number of halogens is 2. The second kappa shape index (κ2) is 22.0. The number of hydrogen-bond acceptors (Lipinski definition) is 3. The quantitative estimate of drug-likeness (QED) is 0.860. The summed E-state index contributed by atoms with van der Waals surface area (Å²) >= 11 is 0. The zero-order valence-electron chi connectivity index (χ0n) is 16.9. The molecule has 0 amide bonds. The Morgan fingerprint density at radius 2 is 1.58 bits per heavy atom. The fourth-order valence-corrected chi connectivity index (χ4v) is 1.73. The first-order valence-corrected chi connectivity index (χ1v) is 9.20. The van der Waals surface area contributed by atoms with Crippen molar-refractivity contribution in [1.29, 1.82) is 0 Å². The van der Waals surface area contributed by atoms with Crippen LogP contribution in [0.5, 0.6) is 0 Å². The van der Waals surface area contributed by atoms with Crippen molar-refractivity contribution in [3.8, 4) is 0 Å². The molecule has 2 rings (SSSR count). The van der Waals surface area contributed by atoms with Gasteiger partial charge in [0.1, 0.15) is 0 Å². The van der Waals surface area contributed by atoms with Crippen molar-refractivity contribution >= 4 is 0 Å². The Morgan fingerprint density at radius 1 is 1.12 bits per heavy atom. The van der Waals surface area contributed by atoms with Gasteiger partial charge in [-0.05, 0) is 25.9 Å². The number of aryl methyl sites for hydroxylation is 1. The number of likely N-dealkylation sites (tertiary alicyclic amines) is 1. The molecule has 1 aromatic rings. The molecule has 0 radical (unpaired) electrons. The van der Waals surface area contributed by atoms with Gasteiger partial charge in [0.15, 0.2) is 0 Å². The van der Waals surface area contributed by atoms with E-state index in [-0.39, 0.29) is 6.54 Å². The van der Waals surface area contributed by atoms with Crippen LogP contribution in [0.15, 0.2) is 12.5 Å². The van der Waals surface area contributed by atoms with Crippen LogP contribution in [-0.2, 0) is 13.6 Å². The van der Waals surface area contributed by atoms with Crippen LogP contribution in [0, 0.1) is 0 Å². The first-order valence-electron chi connectivity index (χ1n) is 9.20. The van der Waals surface area contributed by atoms with Gasteiger partial charge in [0.05, 0.1) is 18.6 Å². The van der Waals surface area contributed by atoms with E-state index in [0.717, 1.165) is 31.6 Å². The van der Waals surface area contributed by atoms with Gasteiger partial charge in [0.25, 0.3) is 6.43 Å². The van der Waals surface area contributed by atoms with Gasteiger partial charge < -0.3 is 10.3 Å². The molecule has 0 saturated carbocycles. The Kier molecular flexibility index (Phi) is 25.5. The smallest absolute Gasteiger partial charge is 0.251 e. The van der Waals surface area contributed by atoms with Gasteiger partial charge >= 0.3 is 0 Å². The number of imidazole rings is 1. The molecule has 0 aliphatic carbocycles. The van der Waals surface area contributed by atoms with Gasteiger partial charge in [0.2, 0.25) is 0 Å².